The smallest absolute Gasteiger partial charge is 0.105 e. The fourth-order valence-electron chi connectivity index (χ4n) is 1.52. The Morgan fingerprint density at radius 2 is 1.06 bits per heavy atom. The van der Waals surface area contributed by atoms with Crippen molar-refractivity contribution in [3.63, 3.8) is 0 Å². The second-order valence-electron chi connectivity index (χ2n) is 4.00. The SMILES string of the molecule is ClC(Cl)CCCCCC(C(Cl)Cl)(C(Cl)Cl)C(Cl)Cl. The van der Waals surface area contributed by atoms with Crippen LogP contribution in [-0.4, -0.2) is 19.3 Å². The molecule has 0 nitrogen and oxygen atoms in total. The van der Waals surface area contributed by atoms with Crippen LogP contribution in [0.5, 0.6) is 0 Å². The summed E-state index contributed by atoms with van der Waals surface area (Å²) in [6.07, 6.45) is 3.86. The van der Waals surface area contributed by atoms with Crippen molar-refractivity contribution >= 4 is 92.8 Å². The van der Waals surface area contributed by atoms with Gasteiger partial charge in [-0.05, 0) is 12.8 Å². The fraction of sp³-hybridized carbons (Fsp3) is 1.00. The normalized spacial score (nSPS) is 13.3. The second kappa shape index (κ2) is 10.1. The molecule has 0 aromatic rings. The molecule has 0 aromatic heterocycles. The lowest BCUT2D eigenvalue weighted by Crippen LogP contribution is -2.41. The van der Waals surface area contributed by atoms with Crippen LogP contribution in [0.15, 0.2) is 0 Å². The van der Waals surface area contributed by atoms with E-state index in [2.05, 4.69) is 0 Å². The van der Waals surface area contributed by atoms with Gasteiger partial charge in [-0.1, -0.05) is 19.3 Å². The molecule has 110 valence electrons. The Hall–Kier alpha value is 2.32. The zero-order chi connectivity index (χ0) is 14.3. The molecular weight excluding hydrogens is 404 g/mol. The van der Waals surface area contributed by atoms with E-state index in [-0.39, 0.29) is 4.84 Å². The van der Waals surface area contributed by atoms with Crippen LogP contribution in [0.2, 0.25) is 0 Å². The van der Waals surface area contributed by atoms with Gasteiger partial charge in [-0.2, -0.15) is 0 Å². The summed E-state index contributed by atoms with van der Waals surface area (Å²) < 4.78 is 0. The van der Waals surface area contributed by atoms with Gasteiger partial charge in [0.05, 0.1) is 5.41 Å². The number of halogens is 8. The Bertz CT molecular complexity index is 194. The van der Waals surface area contributed by atoms with Crippen molar-refractivity contribution in [3.8, 4) is 0 Å². The van der Waals surface area contributed by atoms with Crippen LogP contribution >= 0.6 is 92.8 Å². The van der Waals surface area contributed by atoms with Crippen LogP contribution in [0, 0.1) is 5.41 Å². The molecule has 8 heteroatoms. The highest BCUT2D eigenvalue weighted by molar-refractivity contribution is 6.53. The van der Waals surface area contributed by atoms with E-state index in [1.165, 1.54) is 0 Å². The minimum absolute atomic E-state index is 0.342. The molecule has 0 unspecified atom stereocenters. The van der Waals surface area contributed by atoms with E-state index in [0.717, 1.165) is 25.7 Å². The molecule has 0 atom stereocenters. The van der Waals surface area contributed by atoms with E-state index in [1.54, 1.807) is 0 Å². The average Bonchev–Trinajstić information content (AvgIpc) is 2.20. The van der Waals surface area contributed by atoms with Gasteiger partial charge in [-0.3, -0.25) is 0 Å². The number of hydrogen-bond acceptors (Lipinski definition) is 0. The van der Waals surface area contributed by atoms with Gasteiger partial charge >= 0.3 is 0 Å². The molecule has 0 radical (unpaired) electrons. The zero-order valence-corrected chi connectivity index (χ0v) is 15.4. The summed E-state index contributed by atoms with van der Waals surface area (Å²) in [6, 6.07) is 0. The quantitative estimate of drug-likeness (QED) is 0.276. The Labute approximate surface area is 148 Å². The molecule has 0 bridgehead atoms. The third-order valence-electron chi connectivity index (χ3n) is 2.75. The van der Waals surface area contributed by atoms with Gasteiger partial charge in [-0.15, -0.1) is 92.8 Å². The summed E-state index contributed by atoms with van der Waals surface area (Å²) in [6.45, 7) is 0. The first kappa shape index (κ1) is 20.3. The number of alkyl halides is 8. The predicted molar refractivity (Wildman–Crippen MR) is 87.5 cm³/mol. The first-order valence-corrected chi connectivity index (χ1v) is 8.87. The van der Waals surface area contributed by atoms with Gasteiger partial charge in [0.1, 0.15) is 19.3 Å². The fourth-order valence-corrected chi connectivity index (χ4v) is 4.77. The number of unbranched alkanes of at least 4 members (excludes halogenated alkanes) is 2. The van der Waals surface area contributed by atoms with Crippen LogP contribution in [0.4, 0.5) is 0 Å². The summed E-state index contributed by atoms with van der Waals surface area (Å²) >= 11 is 46.9. The highest BCUT2D eigenvalue weighted by Gasteiger charge is 2.47. The molecule has 0 aliphatic rings. The van der Waals surface area contributed by atoms with Crippen molar-refractivity contribution in [2.24, 2.45) is 5.41 Å². The van der Waals surface area contributed by atoms with E-state index in [4.69, 9.17) is 92.8 Å². The molecule has 0 saturated heterocycles. The van der Waals surface area contributed by atoms with Gasteiger partial charge in [0, 0.05) is 0 Å². The summed E-state index contributed by atoms with van der Waals surface area (Å²) in [4.78, 5) is -2.87. The zero-order valence-electron chi connectivity index (χ0n) is 9.37. The summed E-state index contributed by atoms with van der Waals surface area (Å²) in [5, 5.41) is 0. The summed E-state index contributed by atoms with van der Waals surface area (Å²) in [7, 11) is 0. The van der Waals surface area contributed by atoms with Gasteiger partial charge in [0.25, 0.3) is 0 Å². The topological polar surface area (TPSA) is 0 Å². The van der Waals surface area contributed by atoms with Crippen LogP contribution in [0.1, 0.15) is 32.1 Å². The van der Waals surface area contributed by atoms with Crippen LogP contribution in [0.3, 0.4) is 0 Å². The summed E-state index contributed by atoms with van der Waals surface area (Å²) in [5.41, 5.74) is -0.934. The van der Waals surface area contributed by atoms with Crippen molar-refractivity contribution in [3.05, 3.63) is 0 Å². The van der Waals surface area contributed by atoms with Crippen molar-refractivity contribution in [2.75, 3.05) is 0 Å². The standard InChI is InChI=1S/C10H14Cl8/c11-6(12)4-2-1-3-5-10(7(13)14,8(15)16)9(17)18/h6-9H,1-5H2. The molecule has 0 saturated carbocycles. The van der Waals surface area contributed by atoms with Crippen LogP contribution in [-0.2, 0) is 0 Å². The molecule has 0 aliphatic heterocycles. The molecule has 0 rings (SSSR count). The number of rotatable bonds is 9. The van der Waals surface area contributed by atoms with Crippen molar-refractivity contribution in [2.45, 2.75) is 51.4 Å². The largest absolute Gasteiger partial charge is 0.118 e. The van der Waals surface area contributed by atoms with E-state index in [9.17, 15) is 0 Å². The first-order chi connectivity index (χ1) is 8.25. The molecule has 0 heterocycles. The van der Waals surface area contributed by atoms with Gasteiger partial charge in [0.2, 0.25) is 0 Å². The van der Waals surface area contributed by atoms with Gasteiger partial charge in [0.15, 0.2) is 0 Å². The van der Waals surface area contributed by atoms with E-state index >= 15 is 0 Å². The molecule has 18 heavy (non-hydrogen) atoms. The van der Waals surface area contributed by atoms with Crippen molar-refractivity contribution in [1.82, 2.24) is 0 Å². The minimum Gasteiger partial charge on any atom is -0.105 e. The van der Waals surface area contributed by atoms with Gasteiger partial charge in [-0.25, -0.2) is 0 Å². The van der Waals surface area contributed by atoms with E-state index < -0.39 is 19.9 Å². The Morgan fingerprint density at radius 1 is 0.611 bits per heavy atom. The highest BCUT2D eigenvalue weighted by atomic mass is 35.5. The molecule has 0 aromatic carbocycles. The second-order valence-corrected chi connectivity index (χ2v) is 8.57. The third-order valence-corrected chi connectivity index (χ3v) is 5.63. The average molecular weight is 418 g/mol. The minimum atomic E-state index is -0.934. The number of hydrogen-bond donors (Lipinski definition) is 0. The first-order valence-electron chi connectivity index (χ1n) is 5.37. The Kier molecular flexibility index (Phi) is 11.4. The monoisotopic (exact) mass is 414 g/mol. The lowest BCUT2D eigenvalue weighted by atomic mass is 9.87. The maximum Gasteiger partial charge on any atom is 0.118 e. The molecule has 0 N–H and O–H groups in total. The van der Waals surface area contributed by atoms with Crippen molar-refractivity contribution in [1.29, 1.82) is 0 Å². The Balaban J connectivity index is 4.34. The summed E-state index contributed by atoms with van der Waals surface area (Å²) in [5.74, 6) is 0. The van der Waals surface area contributed by atoms with Crippen LogP contribution in [0.25, 0.3) is 0 Å². The van der Waals surface area contributed by atoms with Crippen LogP contribution < -0.4 is 0 Å². The molecule has 0 fully saturated rings. The molecule has 0 amide bonds. The van der Waals surface area contributed by atoms with Gasteiger partial charge < -0.3 is 0 Å². The lowest BCUT2D eigenvalue weighted by molar-refractivity contribution is 0.320. The Morgan fingerprint density at radius 3 is 1.39 bits per heavy atom. The molecule has 0 spiro atoms. The maximum atomic E-state index is 5.94. The molecule has 0 aliphatic carbocycles. The molecular formula is C10H14Cl8. The van der Waals surface area contributed by atoms with E-state index in [1.807, 2.05) is 0 Å². The van der Waals surface area contributed by atoms with E-state index in [0.29, 0.717) is 6.42 Å². The predicted octanol–water partition coefficient (Wildman–Crippen LogP) is 7.14. The van der Waals surface area contributed by atoms with Crippen molar-refractivity contribution < 1.29 is 0 Å². The maximum absolute atomic E-state index is 5.94. The highest BCUT2D eigenvalue weighted by Crippen LogP contribution is 2.49. The third kappa shape index (κ3) is 6.39. The lowest BCUT2D eigenvalue weighted by Gasteiger charge is -2.37.